The Bertz CT molecular complexity index is 994. The minimum Gasteiger partial charge on any atom is -0.346 e. The number of carbonyl (C=O) groups excluding carboxylic acids is 1. The minimum absolute atomic E-state index is 0.0672. The summed E-state index contributed by atoms with van der Waals surface area (Å²) in [6.07, 6.45) is 3.17. The summed E-state index contributed by atoms with van der Waals surface area (Å²) in [4.78, 5) is 24.2. The van der Waals surface area contributed by atoms with Crippen LogP contribution in [0, 0.1) is 20.8 Å². The molecule has 1 aromatic carbocycles. The van der Waals surface area contributed by atoms with Gasteiger partial charge in [-0.2, -0.15) is 0 Å². The van der Waals surface area contributed by atoms with Crippen LogP contribution in [0.3, 0.4) is 0 Å². The summed E-state index contributed by atoms with van der Waals surface area (Å²) in [6.45, 7) is 6.13. The molecule has 2 aromatic heterocycles. The average Bonchev–Trinajstić information content (AvgIpc) is 2.90. The monoisotopic (exact) mass is 397 g/mol. The van der Waals surface area contributed by atoms with Crippen molar-refractivity contribution in [2.75, 3.05) is 5.75 Å². The molecular weight excluding hydrogens is 374 g/mol. The molecule has 1 aliphatic rings. The number of hydrogen-bond acceptors (Lipinski definition) is 5. The fourth-order valence-corrected chi connectivity index (χ4v) is 5.70. The molecule has 1 fully saturated rings. The number of thiophene rings is 1. The van der Waals surface area contributed by atoms with E-state index in [1.54, 1.807) is 11.3 Å². The molecule has 0 unspecified atom stereocenters. The van der Waals surface area contributed by atoms with Crippen molar-refractivity contribution in [1.82, 2.24) is 15.3 Å². The highest BCUT2D eigenvalue weighted by Crippen LogP contribution is 2.41. The smallest absolute Gasteiger partial charge is 0.231 e. The van der Waals surface area contributed by atoms with Crippen molar-refractivity contribution in [3.8, 4) is 0 Å². The first-order chi connectivity index (χ1) is 13.0. The Hall–Kier alpha value is -1.92. The van der Waals surface area contributed by atoms with Crippen LogP contribution in [0.15, 0.2) is 35.4 Å². The van der Waals surface area contributed by atoms with Crippen molar-refractivity contribution in [2.45, 2.75) is 50.6 Å². The van der Waals surface area contributed by atoms with Crippen LogP contribution < -0.4 is 5.32 Å². The summed E-state index contributed by atoms with van der Waals surface area (Å²) in [5.41, 5.74) is 2.24. The first-order valence-electron chi connectivity index (χ1n) is 9.22. The van der Waals surface area contributed by atoms with E-state index in [2.05, 4.69) is 41.3 Å². The molecular formula is C21H23N3OS2. The van der Waals surface area contributed by atoms with Crippen molar-refractivity contribution in [1.29, 1.82) is 0 Å². The van der Waals surface area contributed by atoms with Gasteiger partial charge in [0.25, 0.3) is 0 Å². The second kappa shape index (κ2) is 7.24. The molecule has 0 aliphatic heterocycles. The number of amides is 1. The van der Waals surface area contributed by atoms with E-state index in [-0.39, 0.29) is 11.4 Å². The van der Waals surface area contributed by atoms with E-state index < -0.39 is 0 Å². The number of rotatable bonds is 5. The molecule has 140 valence electrons. The molecule has 1 amide bonds. The molecule has 0 saturated heterocycles. The first kappa shape index (κ1) is 18.4. The SMILES string of the molecule is Cc1nc(SCC(=O)NC2(c3ccccc3)CCC2)c2c(C)c(C)sc2n1. The van der Waals surface area contributed by atoms with E-state index in [1.165, 1.54) is 27.8 Å². The lowest BCUT2D eigenvalue weighted by atomic mass is 9.72. The molecule has 0 atom stereocenters. The maximum Gasteiger partial charge on any atom is 0.231 e. The number of benzene rings is 1. The molecule has 1 aliphatic carbocycles. The Morgan fingerprint density at radius 2 is 1.93 bits per heavy atom. The summed E-state index contributed by atoms with van der Waals surface area (Å²) in [7, 11) is 0. The van der Waals surface area contributed by atoms with Crippen LogP contribution in [0.2, 0.25) is 0 Å². The predicted molar refractivity (Wildman–Crippen MR) is 112 cm³/mol. The zero-order valence-corrected chi connectivity index (χ0v) is 17.5. The third kappa shape index (κ3) is 3.48. The third-order valence-electron chi connectivity index (χ3n) is 5.36. The van der Waals surface area contributed by atoms with Gasteiger partial charge in [0.05, 0.1) is 11.3 Å². The molecule has 0 bridgehead atoms. The van der Waals surface area contributed by atoms with Crippen LogP contribution in [0.4, 0.5) is 0 Å². The van der Waals surface area contributed by atoms with Crippen LogP contribution in [-0.2, 0) is 10.3 Å². The van der Waals surface area contributed by atoms with Gasteiger partial charge in [-0.3, -0.25) is 4.79 Å². The number of hydrogen-bond donors (Lipinski definition) is 1. The van der Waals surface area contributed by atoms with Gasteiger partial charge in [0.15, 0.2) is 0 Å². The number of carbonyl (C=O) groups is 1. The number of nitrogens with one attached hydrogen (secondary N) is 1. The van der Waals surface area contributed by atoms with E-state index in [9.17, 15) is 4.79 Å². The second-order valence-electron chi connectivity index (χ2n) is 7.18. The number of aryl methyl sites for hydroxylation is 3. The normalized spacial score (nSPS) is 15.5. The lowest BCUT2D eigenvalue weighted by Gasteiger charge is -2.43. The van der Waals surface area contributed by atoms with Gasteiger partial charge in [0.2, 0.25) is 5.91 Å². The van der Waals surface area contributed by atoms with Crippen molar-refractivity contribution in [3.05, 3.63) is 52.2 Å². The average molecular weight is 398 g/mol. The molecule has 3 aromatic rings. The largest absolute Gasteiger partial charge is 0.346 e. The molecule has 6 heteroatoms. The van der Waals surface area contributed by atoms with E-state index in [1.807, 2.05) is 25.1 Å². The van der Waals surface area contributed by atoms with Crippen molar-refractivity contribution in [3.63, 3.8) is 0 Å². The lowest BCUT2D eigenvalue weighted by molar-refractivity contribution is -0.121. The quantitative estimate of drug-likeness (QED) is 0.491. The first-order valence-corrected chi connectivity index (χ1v) is 11.0. The van der Waals surface area contributed by atoms with Crippen LogP contribution in [0.5, 0.6) is 0 Å². The number of fused-ring (bicyclic) bond motifs is 1. The minimum atomic E-state index is -0.190. The van der Waals surface area contributed by atoms with Crippen molar-refractivity contribution < 1.29 is 4.79 Å². The fraction of sp³-hybridized carbons (Fsp3) is 0.381. The highest BCUT2D eigenvalue weighted by atomic mass is 32.2. The molecule has 4 rings (SSSR count). The van der Waals surface area contributed by atoms with Crippen LogP contribution in [0.25, 0.3) is 10.2 Å². The van der Waals surface area contributed by atoms with Gasteiger partial charge in [0, 0.05) is 10.3 Å². The molecule has 0 spiro atoms. The predicted octanol–water partition coefficient (Wildman–Crippen LogP) is 4.90. The van der Waals surface area contributed by atoms with Gasteiger partial charge in [-0.1, -0.05) is 42.1 Å². The third-order valence-corrected chi connectivity index (χ3v) is 7.44. The summed E-state index contributed by atoms with van der Waals surface area (Å²) in [6, 6.07) is 10.3. The van der Waals surface area contributed by atoms with E-state index in [0.717, 1.165) is 40.3 Å². The number of thioether (sulfide) groups is 1. The molecule has 27 heavy (non-hydrogen) atoms. The van der Waals surface area contributed by atoms with Crippen molar-refractivity contribution >= 4 is 39.2 Å². The van der Waals surface area contributed by atoms with Crippen LogP contribution in [-0.4, -0.2) is 21.6 Å². The van der Waals surface area contributed by atoms with Gasteiger partial charge in [0.1, 0.15) is 15.7 Å². The van der Waals surface area contributed by atoms with Crippen molar-refractivity contribution in [2.24, 2.45) is 0 Å². The van der Waals surface area contributed by atoms with Gasteiger partial charge >= 0.3 is 0 Å². The maximum atomic E-state index is 12.7. The standard InChI is InChI=1S/C21H23N3OS2/c1-13-14(2)27-20-18(13)19(22-15(3)23-20)26-12-17(25)24-21(10-7-11-21)16-8-5-4-6-9-16/h4-6,8-9H,7,10-12H2,1-3H3,(H,24,25). The zero-order valence-electron chi connectivity index (χ0n) is 15.8. The molecule has 4 nitrogen and oxygen atoms in total. The molecule has 1 saturated carbocycles. The van der Waals surface area contributed by atoms with Crippen LogP contribution in [0.1, 0.15) is 41.1 Å². The lowest BCUT2D eigenvalue weighted by Crippen LogP contribution is -2.51. The van der Waals surface area contributed by atoms with Gasteiger partial charge < -0.3 is 5.32 Å². The van der Waals surface area contributed by atoms with Gasteiger partial charge in [-0.15, -0.1) is 11.3 Å². The van der Waals surface area contributed by atoms with Crippen LogP contribution >= 0.6 is 23.1 Å². The zero-order chi connectivity index (χ0) is 19.0. The van der Waals surface area contributed by atoms with Gasteiger partial charge in [-0.05, 0) is 51.2 Å². The summed E-state index contributed by atoms with van der Waals surface area (Å²) in [5, 5.41) is 5.31. The second-order valence-corrected chi connectivity index (χ2v) is 9.35. The van der Waals surface area contributed by atoms with Gasteiger partial charge in [-0.25, -0.2) is 9.97 Å². The number of aromatic nitrogens is 2. The number of nitrogens with zero attached hydrogens (tertiary/aromatic N) is 2. The highest BCUT2D eigenvalue weighted by molar-refractivity contribution is 8.00. The summed E-state index contributed by atoms with van der Waals surface area (Å²) in [5.74, 6) is 1.19. The summed E-state index contributed by atoms with van der Waals surface area (Å²) < 4.78 is 0. The summed E-state index contributed by atoms with van der Waals surface area (Å²) >= 11 is 3.21. The Morgan fingerprint density at radius 3 is 2.59 bits per heavy atom. The fourth-order valence-electron chi connectivity index (χ4n) is 3.63. The van der Waals surface area contributed by atoms with E-state index >= 15 is 0 Å². The maximum absolute atomic E-state index is 12.7. The highest BCUT2D eigenvalue weighted by Gasteiger charge is 2.39. The van der Waals surface area contributed by atoms with E-state index in [0.29, 0.717) is 5.75 Å². The topological polar surface area (TPSA) is 54.9 Å². The Morgan fingerprint density at radius 1 is 1.19 bits per heavy atom. The molecule has 0 radical (unpaired) electrons. The van der Waals surface area contributed by atoms with E-state index in [4.69, 9.17) is 0 Å². The molecule has 2 heterocycles. The Labute approximate surface area is 167 Å². The Balaban J connectivity index is 1.51. The molecule has 1 N–H and O–H groups in total. The Kier molecular flexibility index (Phi) is 4.95.